The molecule has 0 radical (unpaired) electrons. The lowest BCUT2D eigenvalue weighted by molar-refractivity contribution is -0.117. The van der Waals surface area contributed by atoms with Crippen molar-refractivity contribution >= 4 is 17.6 Å². The van der Waals surface area contributed by atoms with Crippen molar-refractivity contribution in [1.82, 2.24) is 0 Å². The van der Waals surface area contributed by atoms with Gasteiger partial charge >= 0.3 is 5.97 Å². The standard InChI is InChI=1S/C19H19NO4/c1-23-17-5-2-4-14(12-17)13-24-19(22)15-7-9-16(10-8-15)20-11-3-6-18(20)21/h2,4-5,7-10,12H,3,6,11,13H2,1H3. The zero-order chi connectivity index (χ0) is 16.9. The number of hydrogen-bond acceptors (Lipinski definition) is 4. The van der Waals surface area contributed by atoms with Gasteiger partial charge in [0.15, 0.2) is 0 Å². The van der Waals surface area contributed by atoms with Crippen LogP contribution in [0, 0.1) is 0 Å². The van der Waals surface area contributed by atoms with Crippen LogP contribution in [0.15, 0.2) is 48.5 Å². The van der Waals surface area contributed by atoms with Crippen LogP contribution in [0.5, 0.6) is 5.75 Å². The van der Waals surface area contributed by atoms with Crippen molar-refractivity contribution in [3.8, 4) is 5.75 Å². The van der Waals surface area contributed by atoms with Crippen molar-refractivity contribution in [2.24, 2.45) is 0 Å². The number of methoxy groups -OCH3 is 1. The molecule has 0 saturated carbocycles. The molecule has 1 heterocycles. The molecule has 0 bridgehead atoms. The van der Waals surface area contributed by atoms with E-state index in [0.717, 1.165) is 30.0 Å². The molecule has 2 aromatic carbocycles. The van der Waals surface area contributed by atoms with Gasteiger partial charge in [0, 0.05) is 18.7 Å². The minimum atomic E-state index is -0.392. The van der Waals surface area contributed by atoms with E-state index in [2.05, 4.69) is 0 Å². The third kappa shape index (κ3) is 3.56. The Morgan fingerprint density at radius 3 is 2.62 bits per heavy atom. The first kappa shape index (κ1) is 16.1. The summed E-state index contributed by atoms with van der Waals surface area (Å²) < 4.78 is 10.5. The molecule has 0 N–H and O–H groups in total. The molecule has 0 atom stereocenters. The molecule has 5 heteroatoms. The van der Waals surface area contributed by atoms with Crippen LogP contribution in [0.2, 0.25) is 0 Å². The lowest BCUT2D eigenvalue weighted by Crippen LogP contribution is -2.23. The quantitative estimate of drug-likeness (QED) is 0.792. The zero-order valence-corrected chi connectivity index (χ0v) is 13.5. The van der Waals surface area contributed by atoms with E-state index in [0.29, 0.717) is 12.0 Å². The molecule has 1 fully saturated rings. The molecule has 124 valence electrons. The maximum atomic E-state index is 12.1. The van der Waals surface area contributed by atoms with E-state index in [4.69, 9.17) is 9.47 Å². The highest BCUT2D eigenvalue weighted by atomic mass is 16.5. The predicted molar refractivity (Wildman–Crippen MR) is 90.1 cm³/mol. The SMILES string of the molecule is COc1cccc(COC(=O)c2ccc(N3CCCC3=O)cc2)c1. The van der Waals surface area contributed by atoms with Crippen LogP contribution < -0.4 is 9.64 Å². The van der Waals surface area contributed by atoms with E-state index in [9.17, 15) is 9.59 Å². The van der Waals surface area contributed by atoms with Gasteiger partial charge in [-0.05, 0) is 48.4 Å². The number of amides is 1. The van der Waals surface area contributed by atoms with E-state index < -0.39 is 5.97 Å². The van der Waals surface area contributed by atoms with Crippen LogP contribution in [0.1, 0.15) is 28.8 Å². The molecule has 5 nitrogen and oxygen atoms in total. The van der Waals surface area contributed by atoms with Gasteiger partial charge in [0.25, 0.3) is 0 Å². The summed E-state index contributed by atoms with van der Waals surface area (Å²) in [6.07, 6.45) is 1.47. The van der Waals surface area contributed by atoms with Gasteiger partial charge in [-0.25, -0.2) is 4.79 Å². The van der Waals surface area contributed by atoms with Crippen LogP contribution in [-0.2, 0) is 16.1 Å². The van der Waals surface area contributed by atoms with Gasteiger partial charge in [0.2, 0.25) is 5.91 Å². The van der Waals surface area contributed by atoms with Crippen LogP contribution >= 0.6 is 0 Å². The first-order chi connectivity index (χ1) is 11.7. The average Bonchev–Trinajstić information content (AvgIpc) is 3.06. The fraction of sp³-hybridized carbons (Fsp3) is 0.263. The van der Waals surface area contributed by atoms with Crippen molar-refractivity contribution in [1.29, 1.82) is 0 Å². The van der Waals surface area contributed by atoms with Gasteiger partial charge in [-0.1, -0.05) is 12.1 Å². The molecule has 0 aliphatic carbocycles. The maximum absolute atomic E-state index is 12.1. The van der Waals surface area contributed by atoms with Crippen molar-refractivity contribution in [3.05, 3.63) is 59.7 Å². The third-order valence-corrected chi connectivity index (χ3v) is 3.99. The maximum Gasteiger partial charge on any atom is 0.338 e. The number of carbonyl (C=O) groups is 2. The second-order valence-electron chi connectivity index (χ2n) is 5.62. The number of esters is 1. The molecule has 0 aromatic heterocycles. The Labute approximate surface area is 140 Å². The highest BCUT2D eigenvalue weighted by Gasteiger charge is 2.21. The number of rotatable bonds is 5. The number of anilines is 1. The lowest BCUT2D eigenvalue weighted by atomic mass is 10.2. The molecule has 1 amide bonds. The second-order valence-corrected chi connectivity index (χ2v) is 5.62. The zero-order valence-electron chi connectivity index (χ0n) is 13.5. The molecule has 3 rings (SSSR count). The molecule has 2 aromatic rings. The summed E-state index contributed by atoms with van der Waals surface area (Å²) in [5.74, 6) is 0.462. The Kier molecular flexibility index (Phi) is 4.79. The molecule has 0 unspecified atom stereocenters. The Morgan fingerprint density at radius 1 is 1.17 bits per heavy atom. The summed E-state index contributed by atoms with van der Waals surface area (Å²) in [7, 11) is 1.60. The van der Waals surface area contributed by atoms with E-state index in [-0.39, 0.29) is 12.5 Å². The first-order valence-electron chi connectivity index (χ1n) is 7.88. The van der Waals surface area contributed by atoms with Gasteiger partial charge in [-0.15, -0.1) is 0 Å². The number of ether oxygens (including phenoxy) is 2. The van der Waals surface area contributed by atoms with E-state index in [1.165, 1.54) is 0 Å². The predicted octanol–water partition coefficient (Wildman–Crippen LogP) is 3.18. The van der Waals surface area contributed by atoms with Gasteiger partial charge in [0.05, 0.1) is 12.7 Å². The fourth-order valence-electron chi connectivity index (χ4n) is 2.69. The minimum Gasteiger partial charge on any atom is -0.497 e. The first-order valence-corrected chi connectivity index (χ1v) is 7.88. The molecular weight excluding hydrogens is 306 g/mol. The van der Waals surface area contributed by atoms with Crippen molar-refractivity contribution < 1.29 is 19.1 Å². The summed E-state index contributed by atoms with van der Waals surface area (Å²) in [6, 6.07) is 14.3. The Balaban J connectivity index is 1.61. The monoisotopic (exact) mass is 325 g/mol. The number of benzene rings is 2. The van der Waals surface area contributed by atoms with Crippen molar-refractivity contribution in [2.45, 2.75) is 19.4 Å². The summed E-state index contributed by atoms with van der Waals surface area (Å²) in [5, 5.41) is 0. The summed E-state index contributed by atoms with van der Waals surface area (Å²) in [6.45, 7) is 0.918. The van der Waals surface area contributed by atoms with Gasteiger partial charge in [-0.3, -0.25) is 4.79 Å². The molecule has 1 aliphatic rings. The molecule has 1 aliphatic heterocycles. The number of nitrogens with zero attached hydrogens (tertiary/aromatic N) is 1. The van der Waals surface area contributed by atoms with E-state index in [1.807, 2.05) is 24.3 Å². The summed E-state index contributed by atoms with van der Waals surface area (Å²) >= 11 is 0. The lowest BCUT2D eigenvalue weighted by Gasteiger charge is -2.15. The smallest absolute Gasteiger partial charge is 0.338 e. The topological polar surface area (TPSA) is 55.8 Å². The van der Waals surface area contributed by atoms with Gasteiger partial charge in [-0.2, -0.15) is 0 Å². The molecule has 1 saturated heterocycles. The van der Waals surface area contributed by atoms with Crippen molar-refractivity contribution in [2.75, 3.05) is 18.6 Å². The Bertz CT molecular complexity index is 739. The van der Waals surface area contributed by atoms with Crippen LogP contribution in [0.4, 0.5) is 5.69 Å². The third-order valence-electron chi connectivity index (χ3n) is 3.99. The minimum absolute atomic E-state index is 0.128. The van der Waals surface area contributed by atoms with Crippen LogP contribution in [-0.4, -0.2) is 25.5 Å². The van der Waals surface area contributed by atoms with E-state index >= 15 is 0 Å². The average molecular weight is 325 g/mol. The Morgan fingerprint density at radius 2 is 1.96 bits per heavy atom. The second kappa shape index (κ2) is 7.17. The summed E-state index contributed by atoms with van der Waals surface area (Å²) in [4.78, 5) is 25.6. The Hall–Kier alpha value is -2.82. The van der Waals surface area contributed by atoms with Gasteiger partial charge in [0.1, 0.15) is 12.4 Å². The van der Waals surface area contributed by atoms with E-state index in [1.54, 1.807) is 36.3 Å². The van der Waals surface area contributed by atoms with Gasteiger partial charge < -0.3 is 14.4 Å². The molecule has 24 heavy (non-hydrogen) atoms. The molecule has 0 spiro atoms. The van der Waals surface area contributed by atoms with Crippen molar-refractivity contribution in [3.63, 3.8) is 0 Å². The highest BCUT2D eigenvalue weighted by molar-refractivity contribution is 5.96. The fourth-order valence-corrected chi connectivity index (χ4v) is 2.69. The molecular formula is C19H19NO4. The van der Waals surface area contributed by atoms with Crippen LogP contribution in [0.3, 0.4) is 0 Å². The number of hydrogen-bond donors (Lipinski definition) is 0. The summed E-state index contributed by atoms with van der Waals surface area (Å²) in [5.41, 5.74) is 2.15. The largest absolute Gasteiger partial charge is 0.497 e. The number of carbonyl (C=O) groups excluding carboxylic acids is 2. The highest BCUT2D eigenvalue weighted by Crippen LogP contribution is 2.22. The normalized spacial score (nSPS) is 13.9. The van der Waals surface area contributed by atoms with Crippen LogP contribution in [0.25, 0.3) is 0 Å².